The minimum absolute atomic E-state index is 0.0170. The van der Waals surface area contributed by atoms with Gasteiger partial charge in [0.2, 0.25) is 5.95 Å². The Morgan fingerprint density at radius 1 is 0.949 bits per heavy atom. The number of piperazine rings is 1. The van der Waals surface area contributed by atoms with Gasteiger partial charge in [-0.1, -0.05) is 12.0 Å². The fraction of sp³-hybridized carbons (Fsp3) is 0.523. The SMILES string of the molecule is C#Cc1c(F)ccc2cc(OCOC)cc(-c3ncc4c(N5C[C@H]6CC[C@@H](C5)N6C(=O)OC(C)(C)C)nc(N5CCC6(CCCN6C(=O)OC(C)(C)C)C5)nc4c3F)c12. The monoisotopic (exact) mass is 811 g/mol. The predicted octanol–water partition coefficient (Wildman–Crippen LogP) is 7.66. The van der Waals surface area contributed by atoms with Gasteiger partial charge in [-0.05, 0) is 97.2 Å². The van der Waals surface area contributed by atoms with Crippen LogP contribution in [-0.2, 0) is 14.2 Å². The number of hydrogen-bond acceptors (Lipinski definition) is 11. The Bertz CT molecular complexity index is 2360. The van der Waals surface area contributed by atoms with E-state index in [4.69, 9.17) is 35.3 Å². The van der Waals surface area contributed by atoms with Gasteiger partial charge in [-0.25, -0.2) is 23.4 Å². The van der Waals surface area contributed by atoms with E-state index < -0.39 is 28.4 Å². The second kappa shape index (κ2) is 15.0. The number of methoxy groups -OCH3 is 1. The van der Waals surface area contributed by atoms with E-state index in [0.29, 0.717) is 72.8 Å². The molecule has 4 saturated heterocycles. The van der Waals surface area contributed by atoms with Gasteiger partial charge in [-0.2, -0.15) is 4.98 Å². The second-order valence-corrected chi connectivity index (χ2v) is 18.0. The maximum atomic E-state index is 17.6. The van der Waals surface area contributed by atoms with Crippen molar-refractivity contribution in [3.63, 3.8) is 0 Å². The highest BCUT2D eigenvalue weighted by Gasteiger charge is 2.50. The zero-order chi connectivity index (χ0) is 42.0. The molecular weight excluding hydrogens is 761 g/mol. The van der Waals surface area contributed by atoms with Crippen LogP contribution in [0.15, 0.2) is 30.5 Å². The fourth-order valence-electron chi connectivity index (χ4n) is 9.23. The number of anilines is 2. The first-order valence-electron chi connectivity index (χ1n) is 20.2. The number of halogens is 2. The summed E-state index contributed by atoms with van der Waals surface area (Å²) in [6.45, 7) is 13.4. The molecule has 0 aliphatic carbocycles. The van der Waals surface area contributed by atoms with Gasteiger partial charge in [0.05, 0.1) is 28.6 Å². The molecule has 2 aromatic heterocycles. The molecule has 0 N–H and O–H groups in total. The Morgan fingerprint density at radius 3 is 2.34 bits per heavy atom. The average Bonchev–Trinajstić information content (AvgIpc) is 3.87. The lowest BCUT2D eigenvalue weighted by Crippen LogP contribution is -2.57. The fourth-order valence-corrected chi connectivity index (χ4v) is 9.23. The third-order valence-corrected chi connectivity index (χ3v) is 11.6. The quantitative estimate of drug-likeness (QED) is 0.141. The van der Waals surface area contributed by atoms with E-state index in [-0.39, 0.29) is 53.4 Å². The zero-order valence-corrected chi connectivity index (χ0v) is 34.7. The number of likely N-dealkylation sites (tertiary alicyclic amines) is 1. The van der Waals surface area contributed by atoms with E-state index in [0.717, 1.165) is 25.7 Å². The number of nitrogens with zero attached hydrogens (tertiary/aromatic N) is 7. The van der Waals surface area contributed by atoms with Crippen LogP contribution in [0.2, 0.25) is 0 Å². The smallest absolute Gasteiger partial charge is 0.410 e. The van der Waals surface area contributed by atoms with Gasteiger partial charge >= 0.3 is 12.2 Å². The lowest BCUT2D eigenvalue weighted by atomic mass is 9.95. The van der Waals surface area contributed by atoms with Crippen molar-refractivity contribution in [2.75, 3.05) is 56.4 Å². The Morgan fingerprint density at radius 2 is 1.66 bits per heavy atom. The Kier molecular flexibility index (Phi) is 10.2. The second-order valence-electron chi connectivity index (χ2n) is 18.0. The highest BCUT2D eigenvalue weighted by atomic mass is 19.1. The summed E-state index contributed by atoms with van der Waals surface area (Å²) in [6.07, 6.45) is 10.5. The molecule has 2 bridgehead atoms. The molecule has 2 aromatic carbocycles. The number of terminal acetylenes is 1. The number of ether oxygens (including phenoxy) is 4. The van der Waals surface area contributed by atoms with Crippen molar-refractivity contribution in [1.29, 1.82) is 0 Å². The summed E-state index contributed by atoms with van der Waals surface area (Å²) in [5.41, 5.74) is -1.69. The summed E-state index contributed by atoms with van der Waals surface area (Å²) >= 11 is 0. The van der Waals surface area contributed by atoms with Crippen molar-refractivity contribution in [3.8, 4) is 29.4 Å². The molecule has 4 aromatic rings. The van der Waals surface area contributed by atoms with Crippen LogP contribution in [0.4, 0.5) is 30.1 Å². The van der Waals surface area contributed by atoms with E-state index in [1.165, 1.54) is 13.2 Å². The number of aromatic nitrogens is 3. The van der Waals surface area contributed by atoms with Crippen molar-refractivity contribution >= 4 is 45.6 Å². The Labute approximate surface area is 342 Å². The third-order valence-electron chi connectivity index (χ3n) is 11.6. The summed E-state index contributed by atoms with van der Waals surface area (Å²) in [7, 11) is 1.49. The highest BCUT2D eigenvalue weighted by Crippen LogP contribution is 2.43. The zero-order valence-electron chi connectivity index (χ0n) is 34.7. The maximum absolute atomic E-state index is 17.6. The lowest BCUT2D eigenvalue weighted by Gasteiger charge is -2.42. The van der Waals surface area contributed by atoms with Crippen LogP contribution in [-0.4, -0.2) is 112 Å². The molecule has 8 rings (SSSR count). The van der Waals surface area contributed by atoms with E-state index in [1.807, 2.05) is 56.2 Å². The first-order valence-corrected chi connectivity index (χ1v) is 20.2. The average molecular weight is 812 g/mol. The molecule has 0 radical (unpaired) electrons. The lowest BCUT2D eigenvalue weighted by molar-refractivity contribution is 0.0104. The molecule has 15 heteroatoms. The standard InChI is InChI=1S/C44H51F2N7O6/c1-9-30-33(45)14-11-26-19-29(57-25-56-8)20-31(34(26)30)36-35(46)37-32(21-47-36)38(51-22-27-12-13-28(23-51)53(27)41(55)59-43(5,6)7)49-39(48-37)50-18-16-44(24-50)15-10-17-52(44)40(54)58-42(2,3)4/h1,11,14,19-21,27-28H,10,12-13,15-18,22-25H2,2-8H3/t27-,28+,44?. The van der Waals surface area contributed by atoms with Crippen molar-refractivity contribution in [3.05, 3.63) is 47.7 Å². The minimum Gasteiger partial charge on any atom is -0.468 e. The van der Waals surface area contributed by atoms with Crippen LogP contribution in [0.3, 0.4) is 0 Å². The number of rotatable bonds is 6. The Hall–Kier alpha value is -5.49. The first-order chi connectivity index (χ1) is 28.0. The molecule has 1 unspecified atom stereocenters. The first kappa shape index (κ1) is 40.3. The number of fused-ring (bicyclic) bond motifs is 4. The summed E-state index contributed by atoms with van der Waals surface area (Å²) < 4.78 is 55.4. The topological polar surface area (TPSA) is 123 Å². The molecule has 4 aliphatic rings. The van der Waals surface area contributed by atoms with Crippen molar-refractivity contribution in [1.82, 2.24) is 24.8 Å². The molecule has 4 fully saturated rings. The molecule has 312 valence electrons. The Balaban J connectivity index is 1.25. The summed E-state index contributed by atoms with van der Waals surface area (Å²) in [4.78, 5) is 49.4. The van der Waals surface area contributed by atoms with Gasteiger partial charge in [0.15, 0.2) is 12.6 Å². The van der Waals surface area contributed by atoms with Gasteiger partial charge < -0.3 is 33.6 Å². The van der Waals surface area contributed by atoms with Crippen LogP contribution in [0.25, 0.3) is 32.9 Å². The molecule has 4 aliphatic heterocycles. The number of amides is 2. The highest BCUT2D eigenvalue weighted by molar-refractivity contribution is 6.03. The van der Waals surface area contributed by atoms with Gasteiger partial charge in [-0.15, -0.1) is 6.42 Å². The van der Waals surface area contributed by atoms with Gasteiger partial charge in [0.1, 0.15) is 39.8 Å². The number of pyridine rings is 1. The maximum Gasteiger partial charge on any atom is 0.410 e. The summed E-state index contributed by atoms with van der Waals surface area (Å²) in [6, 6.07) is 5.79. The van der Waals surface area contributed by atoms with E-state index in [1.54, 1.807) is 24.4 Å². The molecule has 59 heavy (non-hydrogen) atoms. The van der Waals surface area contributed by atoms with E-state index in [2.05, 4.69) is 15.8 Å². The largest absolute Gasteiger partial charge is 0.468 e. The number of hydrogen-bond donors (Lipinski definition) is 0. The summed E-state index contributed by atoms with van der Waals surface area (Å²) in [5, 5.41) is 1.21. The molecular formula is C44H51F2N7O6. The van der Waals surface area contributed by atoms with Crippen molar-refractivity contribution < 1.29 is 37.3 Å². The van der Waals surface area contributed by atoms with Crippen molar-refractivity contribution in [2.45, 2.75) is 102 Å². The van der Waals surface area contributed by atoms with E-state index in [9.17, 15) is 9.59 Å². The summed E-state index contributed by atoms with van der Waals surface area (Å²) in [5.74, 6) is 2.21. The van der Waals surface area contributed by atoms with Crippen LogP contribution in [0.1, 0.15) is 79.2 Å². The van der Waals surface area contributed by atoms with Gasteiger partial charge in [0.25, 0.3) is 0 Å². The van der Waals surface area contributed by atoms with Crippen LogP contribution in [0.5, 0.6) is 5.75 Å². The molecule has 3 atom stereocenters. The normalized spacial score (nSPS) is 21.8. The van der Waals surface area contributed by atoms with Crippen LogP contribution in [0, 0.1) is 24.0 Å². The van der Waals surface area contributed by atoms with E-state index >= 15 is 8.78 Å². The van der Waals surface area contributed by atoms with Crippen LogP contribution >= 0.6 is 0 Å². The molecule has 0 saturated carbocycles. The molecule has 1 spiro atoms. The number of benzene rings is 2. The van der Waals surface area contributed by atoms with Crippen molar-refractivity contribution in [2.24, 2.45) is 0 Å². The van der Waals surface area contributed by atoms with Crippen LogP contribution < -0.4 is 14.5 Å². The molecule has 6 heterocycles. The minimum atomic E-state index is -0.745. The predicted molar refractivity (Wildman–Crippen MR) is 219 cm³/mol. The molecule has 13 nitrogen and oxygen atoms in total. The number of carbonyl (C=O) groups is 2. The molecule has 2 amide bonds. The van der Waals surface area contributed by atoms with Gasteiger partial charge in [-0.3, -0.25) is 9.88 Å². The van der Waals surface area contributed by atoms with Gasteiger partial charge in [0, 0.05) is 57.0 Å². The number of carbonyl (C=O) groups excluding carboxylic acids is 2. The third kappa shape index (κ3) is 7.52.